The molecule has 116 valence electrons. The number of amides is 2. The molecule has 0 bridgehead atoms. The van der Waals surface area contributed by atoms with Gasteiger partial charge in [-0.2, -0.15) is 0 Å². The Bertz CT molecular complexity index is 621. The largest absolute Gasteiger partial charge is 0.355 e. The van der Waals surface area contributed by atoms with Gasteiger partial charge in [0.15, 0.2) is 0 Å². The summed E-state index contributed by atoms with van der Waals surface area (Å²) >= 11 is 1.70. The van der Waals surface area contributed by atoms with Crippen LogP contribution in [-0.4, -0.2) is 25.4 Å². The van der Waals surface area contributed by atoms with Gasteiger partial charge in [-0.3, -0.25) is 9.59 Å². The Balaban J connectivity index is 1.80. The Kier molecular flexibility index (Phi) is 5.72. The van der Waals surface area contributed by atoms with Crippen LogP contribution < -0.4 is 10.2 Å². The normalized spacial score (nSPS) is 10.3. The van der Waals surface area contributed by atoms with Crippen LogP contribution in [0.2, 0.25) is 0 Å². The lowest BCUT2D eigenvalue weighted by molar-refractivity contribution is -0.120. The minimum atomic E-state index is -0.0147. The van der Waals surface area contributed by atoms with Gasteiger partial charge in [0.25, 0.3) is 0 Å². The Morgan fingerprint density at radius 2 is 1.91 bits per heavy atom. The highest BCUT2D eigenvalue weighted by Gasteiger charge is 2.07. The van der Waals surface area contributed by atoms with Gasteiger partial charge in [0, 0.05) is 31.1 Å². The molecule has 0 spiro atoms. The highest BCUT2D eigenvalue weighted by molar-refractivity contribution is 7.09. The van der Waals surface area contributed by atoms with Crippen LogP contribution in [0.15, 0.2) is 41.8 Å². The van der Waals surface area contributed by atoms with Gasteiger partial charge in [-0.05, 0) is 35.6 Å². The second kappa shape index (κ2) is 7.75. The number of nitrogens with one attached hydrogen (secondary N) is 1. The van der Waals surface area contributed by atoms with Crippen molar-refractivity contribution in [2.75, 3.05) is 18.5 Å². The molecular weight excluding hydrogens is 296 g/mol. The molecule has 2 rings (SSSR count). The first-order valence-corrected chi connectivity index (χ1v) is 8.06. The molecule has 0 radical (unpaired) electrons. The lowest BCUT2D eigenvalue weighted by Crippen LogP contribution is -2.27. The predicted octanol–water partition coefficient (Wildman–Crippen LogP) is 2.63. The number of rotatable bonds is 6. The topological polar surface area (TPSA) is 49.4 Å². The van der Waals surface area contributed by atoms with Crippen LogP contribution in [0, 0.1) is 0 Å². The van der Waals surface area contributed by atoms with Crippen LogP contribution in [0.1, 0.15) is 17.4 Å². The molecule has 0 saturated heterocycles. The first kappa shape index (κ1) is 16.2. The van der Waals surface area contributed by atoms with Crippen LogP contribution in [0.5, 0.6) is 0 Å². The third-order valence-electron chi connectivity index (χ3n) is 3.43. The number of hydrogen-bond acceptors (Lipinski definition) is 3. The van der Waals surface area contributed by atoms with E-state index in [-0.39, 0.29) is 11.8 Å². The van der Waals surface area contributed by atoms with Crippen LogP contribution in [-0.2, 0) is 22.4 Å². The zero-order chi connectivity index (χ0) is 15.9. The van der Waals surface area contributed by atoms with Gasteiger partial charge in [-0.25, -0.2) is 0 Å². The average Bonchev–Trinajstić information content (AvgIpc) is 3.00. The smallest absolute Gasteiger partial charge is 0.224 e. The molecule has 0 atom stereocenters. The summed E-state index contributed by atoms with van der Waals surface area (Å²) in [6, 6.07) is 11.6. The summed E-state index contributed by atoms with van der Waals surface area (Å²) in [4.78, 5) is 26.0. The molecule has 4 nitrogen and oxygen atoms in total. The number of anilines is 1. The maximum Gasteiger partial charge on any atom is 0.224 e. The van der Waals surface area contributed by atoms with Crippen molar-refractivity contribution < 1.29 is 9.59 Å². The molecule has 22 heavy (non-hydrogen) atoms. The number of nitrogens with zero attached hydrogens (tertiary/aromatic N) is 1. The molecule has 1 aromatic heterocycles. The quantitative estimate of drug-likeness (QED) is 0.890. The van der Waals surface area contributed by atoms with Crippen LogP contribution in [0.4, 0.5) is 5.69 Å². The number of carbonyl (C=O) groups excluding carboxylic acids is 2. The van der Waals surface area contributed by atoms with Crippen molar-refractivity contribution in [3.63, 3.8) is 0 Å². The van der Waals surface area contributed by atoms with Gasteiger partial charge < -0.3 is 10.2 Å². The molecule has 1 aromatic carbocycles. The standard InChI is InChI=1S/C17H20N2O2S/c1-13(20)19(2)15-7-5-14(6-8-15)12-17(21)18-10-9-16-4-3-11-22-16/h3-8,11H,9-10,12H2,1-2H3,(H,18,21). The van der Waals surface area contributed by atoms with E-state index in [4.69, 9.17) is 0 Å². The Labute approximate surface area is 134 Å². The van der Waals surface area contributed by atoms with Crippen molar-refractivity contribution in [2.24, 2.45) is 0 Å². The molecule has 2 amide bonds. The summed E-state index contributed by atoms with van der Waals surface area (Å²) in [7, 11) is 1.73. The molecule has 0 aliphatic rings. The second-order valence-corrected chi connectivity index (χ2v) is 6.13. The molecule has 1 N–H and O–H groups in total. The van der Waals surface area contributed by atoms with Crippen molar-refractivity contribution in [3.05, 3.63) is 52.2 Å². The lowest BCUT2D eigenvalue weighted by atomic mass is 10.1. The highest BCUT2D eigenvalue weighted by Crippen LogP contribution is 2.14. The van der Waals surface area contributed by atoms with Gasteiger partial charge in [0.1, 0.15) is 0 Å². The van der Waals surface area contributed by atoms with Gasteiger partial charge in [-0.1, -0.05) is 18.2 Å². The molecule has 1 heterocycles. The van der Waals surface area contributed by atoms with E-state index in [9.17, 15) is 9.59 Å². The summed E-state index contributed by atoms with van der Waals surface area (Å²) in [6.07, 6.45) is 1.22. The van der Waals surface area contributed by atoms with Crippen LogP contribution >= 0.6 is 11.3 Å². The highest BCUT2D eigenvalue weighted by atomic mass is 32.1. The van der Waals surface area contributed by atoms with Crippen molar-refractivity contribution in [3.8, 4) is 0 Å². The number of carbonyl (C=O) groups is 2. The maximum absolute atomic E-state index is 11.9. The van der Waals surface area contributed by atoms with E-state index in [1.54, 1.807) is 23.3 Å². The van der Waals surface area contributed by atoms with E-state index in [1.165, 1.54) is 11.8 Å². The molecule has 0 saturated carbocycles. The molecular formula is C17H20N2O2S. The predicted molar refractivity (Wildman–Crippen MR) is 90.3 cm³/mol. The molecule has 0 aliphatic carbocycles. The fourth-order valence-electron chi connectivity index (χ4n) is 2.05. The lowest BCUT2D eigenvalue weighted by Gasteiger charge is -2.15. The number of thiophene rings is 1. The number of benzene rings is 1. The van der Waals surface area contributed by atoms with E-state index in [0.717, 1.165) is 17.7 Å². The van der Waals surface area contributed by atoms with Gasteiger partial charge in [0.2, 0.25) is 11.8 Å². The summed E-state index contributed by atoms with van der Waals surface area (Å²) in [6.45, 7) is 2.18. The summed E-state index contributed by atoms with van der Waals surface area (Å²) in [5.41, 5.74) is 1.77. The summed E-state index contributed by atoms with van der Waals surface area (Å²) < 4.78 is 0. The molecule has 2 aromatic rings. The third kappa shape index (κ3) is 4.70. The van der Waals surface area contributed by atoms with Crippen molar-refractivity contribution in [2.45, 2.75) is 19.8 Å². The minimum Gasteiger partial charge on any atom is -0.355 e. The second-order valence-electron chi connectivity index (χ2n) is 5.10. The van der Waals surface area contributed by atoms with Crippen LogP contribution in [0.3, 0.4) is 0 Å². The molecule has 0 fully saturated rings. The Hall–Kier alpha value is -2.14. The molecule has 0 unspecified atom stereocenters. The fraction of sp³-hybridized carbons (Fsp3) is 0.294. The van der Waals surface area contributed by atoms with Gasteiger partial charge >= 0.3 is 0 Å². The molecule has 5 heteroatoms. The van der Waals surface area contributed by atoms with E-state index in [1.807, 2.05) is 35.7 Å². The van der Waals surface area contributed by atoms with E-state index >= 15 is 0 Å². The Morgan fingerprint density at radius 3 is 2.50 bits per heavy atom. The fourth-order valence-corrected chi connectivity index (χ4v) is 2.76. The zero-order valence-corrected chi connectivity index (χ0v) is 13.7. The minimum absolute atomic E-state index is 0.0147. The summed E-state index contributed by atoms with van der Waals surface area (Å²) in [5, 5.41) is 4.97. The van der Waals surface area contributed by atoms with E-state index in [2.05, 4.69) is 11.4 Å². The first-order chi connectivity index (χ1) is 10.6. The first-order valence-electron chi connectivity index (χ1n) is 7.18. The van der Waals surface area contributed by atoms with Crippen molar-refractivity contribution in [1.29, 1.82) is 0 Å². The third-order valence-corrected chi connectivity index (χ3v) is 4.37. The average molecular weight is 316 g/mol. The van der Waals surface area contributed by atoms with Gasteiger partial charge in [0.05, 0.1) is 6.42 Å². The van der Waals surface area contributed by atoms with E-state index in [0.29, 0.717) is 13.0 Å². The van der Waals surface area contributed by atoms with Crippen molar-refractivity contribution in [1.82, 2.24) is 5.32 Å². The zero-order valence-electron chi connectivity index (χ0n) is 12.8. The summed E-state index contributed by atoms with van der Waals surface area (Å²) in [5.74, 6) is 0.00305. The van der Waals surface area contributed by atoms with Crippen LogP contribution in [0.25, 0.3) is 0 Å². The molecule has 0 aliphatic heterocycles. The Morgan fingerprint density at radius 1 is 1.18 bits per heavy atom. The van der Waals surface area contributed by atoms with Crippen molar-refractivity contribution >= 4 is 28.8 Å². The van der Waals surface area contributed by atoms with E-state index < -0.39 is 0 Å². The number of hydrogen-bond donors (Lipinski definition) is 1. The van der Waals surface area contributed by atoms with Gasteiger partial charge in [-0.15, -0.1) is 11.3 Å². The SMILES string of the molecule is CC(=O)N(C)c1ccc(CC(=O)NCCc2cccs2)cc1. The maximum atomic E-state index is 11.9. The monoisotopic (exact) mass is 316 g/mol.